The van der Waals surface area contributed by atoms with Crippen LogP contribution in [0.25, 0.3) is 0 Å². The quantitative estimate of drug-likeness (QED) is 0.828. The molecule has 1 rings (SSSR count). The maximum Gasteiger partial charge on any atom is 0.218 e. The Morgan fingerprint density at radius 3 is 2.35 bits per heavy atom. The number of carbonyl (C=O) groups is 1. The fraction of sp³-hybridized carbons (Fsp3) is 0.417. The lowest BCUT2D eigenvalue weighted by molar-refractivity contribution is -0.118. The van der Waals surface area contributed by atoms with E-state index in [0.717, 1.165) is 0 Å². The van der Waals surface area contributed by atoms with E-state index in [2.05, 4.69) is 5.32 Å². The molecule has 2 atom stereocenters. The van der Waals surface area contributed by atoms with E-state index in [9.17, 15) is 13.6 Å². The van der Waals surface area contributed by atoms with E-state index in [1.54, 1.807) is 13.8 Å². The molecule has 1 aromatic carbocycles. The van der Waals surface area contributed by atoms with E-state index in [1.165, 1.54) is 18.2 Å². The molecule has 2 unspecified atom stereocenters. The van der Waals surface area contributed by atoms with Gasteiger partial charge in [-0.2, -0.15) is 0 Å². The number of amides is 1. The summed E-state index contributed by atoms with van der Waals surface area (Å²) in [7, 11) is 0. The first-order valence-electron chi connectivity index (χ1n) is 5.40. The van der Waals surface area contributed by atoms with Gasteiger partial charge in [-0.15, -0.1) is 0 Å². The minimum absolute atomic E-state index is 0.0242. The molecule has 3 nitrogen and oxygen atoms in total. The molecule has 94 valence electrons. The summed E-state index contributed by atoms with van der Waals surface area (Å²) in [4.78, 5) is 10.7. The van der Waals surface area contributed by atoms with Crippen molar-refractivity contribution < 1.29 is 13.6 Å². The lowest BCUT2D eigenvalue weighted by Gasteiger charge is -2.20. The van der Waals surface area contributed by atoms with Crippen LogP contribution in [0.3, 0.4) is 0 Å². The smallest absolute Gasteiger partial charge is 0.218 e. The molecule has 5 heteroatoms. The van der Waals surface area contributed by atoms with Crippen LogP contribution in [0, 0.1) is 11.6 Å². The largest absolute Gasteiger partial charge is 0.370 e. The maximum absolute atomic E-state index is 13.4. The van der Waals surface area contributed by atoms with Crippen LogP contribution >= 0.6 is 0 Å². The molecule has 1 amide bonds. The van der Waals surface area contributed by atoms with Gasteiger partial charge in [-0.3, -0.25) is 4.79 Å². The summed E-state index contributed by atoms with van der Waals surface area (Å²) in [5.41, 5.74) is 5.02. The van der Waals surface area contributed by atoms with E-state index in [1.807, 2.05) is 0 Å². The Bertz CT molecular complexity index is 389. The van der Waals surface area contributed by atoms with Gasteiger partial charge in [-0.1, -0.05) is 6.07 Å². The van der Waals surface area contributed by atoms with Crippen molar-refractivity contribution in [1.82, 2.24) is 5.32 Å². The van der Waals surface area contributed by atoms with Gasteiger partial charge in [-0.25, -0.2) is 8.78 Å². The molecule has 0 bridgehead atoms. The standard InChI is InChI=1S/C12H16F2N2O/c1-7(6-11(15)17)16-8(2)12-9(13)4-3-5-10(12)14/h3-5,7-8,16H,6H2,1-2H3,(H2,15,17). The number of rotatable bonds is 5. The van der Waals surface area contributed by atoms with Crippen LogP contribution in [0.5, 0.6) is 0 Å². The van der Waals surface area contributed by atoms with Crippen LogP contribution in [0.2, 0.25) is 0 Å². The molecule has 0 saturated heterocycles. The van der Waals surface area contributed by atoms with Crippen molar-refractivity contribution in [2.24, 2.45) is 5.73 Å². The summed E-state index contributed by atoms with van der Waals surface area (Å²) in [6, 6.07) is 2.96. The highest BCUT2D eigenvalue weighted by atomic mass is 19.1. The van der Waals surface area contributed by atoms with Crippen LogP contribution in [-0.2, 0) is 4.79 Å². The Labute approximate surface area is 99.0 Å². The average molecular weight is 242 g/mol. The number of hydrogen-bond acceptors (Lipinski definition) is 2. The molecule has 0 saturated carbocycles. The van der Waals surface area contributed by atoms with Gasteiger partial charge in [0.15, 0.2) is 0 Å². The highest BCUT2D eigenvalue weighted by molar-refractivity contribution is 5.74. The average Bonchev–Trinajstić information content (AvgIpc) is 2.15. The van der Waals surface area contributed by atoms with Crippen molar-refractivity contribution in [3.05, 3.63) is 35.4 Å². The lowest BCUT2D eigenvalue weighted by atomic mass is 10.1. The third-order valence-corrected chi connectivity index (χ3v) is 2.47. The number of benzene rings is 1. The van der Waals surface area contributed by atoms with Gasteiger partial charge in [0.05, 0.1) is 0 Å². The third kappa shape index (κ3) is 3.78. The lowest BCUT2D eigenvalue weighted by Crippen LogP contribution is -2.33. The summed E-state index contributed by atoms with van der Waals surface area (Å²) >= 11 is 0. The predicted molar refractivity (Wildman–Crippen MR) is 61.2 cm³/mol. The van der Waals surface area contributed by atoms with Crippen molar-refractivity contribution in [2.45, 2.75) is 32.4 Å². The second-order valence-corrected chi connectivity index (χ2v) is 4.10. The van der Waals surface area contributed by atoms with Gasteiger partial charge in [0, 0.05) is 24.1 Å². The second-order valence-electron chi connectivity index (χ2n) is 4.10. The van der Waals surface area contributed by atoms with Crippen molar-refractivity contribution in [2.75, 3.05) is 0 Å². The fourth-order valence-corrected chi connectivity index (χ4v) is 1.80. The van der Waals surface area contributed by atoms with Gasteiger partial charge in [0.1, 0.15) is 11.6 Å². The summed E-state index contributed by atoms with van der Waals surface area (Å²) in [5.74, 6) is -1.65. The van der Waals surface area contributed by atoms with Gasteiger partial charge in [0.25, 0.3) is 0 Å². The maximum atomic E-state index is 13.4. The van der Waals surface area contributed by atoms with Gasteiger partial charge in [-0.05, 0) is 26.0 Å². The van der Waals surface area contributed by atoms with E-state index in [0.29, 0.717) is 0 Å². The first-order chi connectivity index (χ1) is 7.91. The first-order valence-corrected chi connectivity index (χ1v) is 5.40. The molecule has 0 aliphatic rings. The number of carbonyl (C=O) groups excluding carboxylic acids is 1. The predicted octanol–water partition coefficient (Wildman–Crippen LogP) is 1.88. The highest BCUT2D eigenvalue weighted by Gasteiger charge is 2.18. The number of nitrogens with two attached hydrogens (primary N) is 1. The van der Waals surface area contributed by atoms with Gasteiger partial charge in [0.2, 0.25) is 5.91 Å². The molecular formula is C12H16F2N2O. The normalized spacial score (nSPS) is 14.4. The van der Waals surface area contributed by atoms with Crippen molar-refractivity contribution in [3.8, 4) is 0 Å². The number of hydrogen-bond donors (Lipinski definition) is 2. The zero-order valence-corrected chi connectivity index (χ0v) is 9.84. The molecule has 0 aromatic heterocycles. The molecular weight excluding hydrogens is 226 g/mol. The highest BCUT2D eigenvalue weighted by Crippen LogP contribution is 2.20. The Hall–Kier alpha value is -1.49. The summed E-state index contributed by atoms with van der Waals surface area (Å²) < 4.78 is 26.9. The molecule has 1 aromatic rings. The minimum Gasteiger partial charge on any atom is -0.370 e. The molecule has 17 heavy (non-hydrogen) atoms. The van der Waals surface area contributed by atoms with E-state index >= 15 is 0 Å². The van der Waals surface area contributed by atoms with Crippen molar-refractivity contribution >= 4 is 5.91 Å². The Morgan fingerprint density at radius 1 is 1.35 bits per heavy atom. The first kappa shape index (κ1) is 13.6. The zero-order chi connectivity index (χ0) is 13.0. The van der Waals surface area contributed by atoms with Gasteiger partial charge < -0.3 is 11.1 Å². The number of nitrogens with one attached hydrogen (secondary N) is 1. The molecule has 0 radical (unpaired) electrons. The second kappa shape index (κ2) is 5.72. The summed E-state index contributed by atoms with van der Waals surface area (Å²) in [5, 5.41) is 2.93. The van der Waals surface area contributed by atoms with E-state index in [4.69, 9.17) is 5.73 Å². The van der Waals surface area contributed by atoms with Gasteiger partial charge >= 0.3 is 0 Å². The Balaban J connectivity index is 2.76. The monoisotopic (exact) mass is 242 g/mol. The molecule has 0 fully saturated rings. The molecule has 0 aliphatic carbocycles. The third-order valence-electron chi connectivity index (χ3n) is 2.47. The van der Waals surface area contributed by atoms with Crippen LogP contribution in [0.1, 0.15) is 31.9 Å². The topological polar surface area (TPSA) is 55.1 Å². The molecule has 0 aliphatic heterocycles. The summed E-state index contributed by atoms with van der Waals surface area (Å²) in [6.45, 7) is 3.37. The minimum atomic E-state index is -0.601. The molecule has 0 heterocycles. The molecule has 0 spiro atoms. The fourth-order valence-electron chi connectivity index (χ4n) is 1.80. The number of primary amides is 1. The van der Waals surface area contributed by atoms with Crippen molar-refractivity contribution in [3.63, 3.8) is 0 Å². The van der Waals surface area contributed by atoms with Crippen LogP contribution in [0.4, 0.5) is 8.78 Å². The van der Waals surface area contributed by atoms with Crippen molar-refractivity contribution in [1.29, 1.82) is 0 Å². The summed E-state index contributed by atoms with van der Waals surface area (Å²) in [6.07, 6.45) is 0.125. The van der Waals surface area contributed by atoms with Crippen LogP contribution < -0.4 is 11.1 Å². The van der Waals surface area contributed by atoms with Crippen LogP contribution in [0.15, 0.2) is 18.2 Å². The van der Waals surface area contributed by atoms with E-state index in [-0.39, 0.29) is 18.0 Å². The van der Waals surface area contributed by atoms with Crippen LogP contribution in [-0.4, -0.2) is 11.9 Å². The number of halogens is 2. The SMILES string of the molecule is CC(CC(N)=O)NC(C)c1c(F)cccc1F. The Kier molecular flexibility index (Phi) is 4.57. The Morgan fingerprint density at radius 2 is 1.88 bits per heavy atom. The van der Waals surface area contributed by atoms with E-state index < -0.39 is 23.6 Å². The zero-order valence-electron chi connectivity index (χ0n) is 9.84. The molecule has 3 N–H and O–H groups in total.